The van der Waals surface area contributed by atoms with Crippen LogP contribution in [0.15, 0.2) is 98.6 Å². The van der Waals surface area contributed by atoms with Crippen LogP contribution in [0.3, 0.4) is 0 Å². The summed E-state index contributed by atoms with van der Waals surface area (Å²) >= 11 is 0. The highest BCUT2D eigenvalue weighted by Gasteiger charge is 2.50. The number of nitrogens with two attached hydrogens (primary N) is 2. The van der Waals surface area contributed by atoms with Gasteiger partial charge in [-0.05, 0) is 130 Å². The number of hydrogen-bond donors (Lipinski definition) is 7. The molecule has 3 aliphatic rings. The lowest BCUT2D eigenvalue weighted by atomic mass is 9.70. The van der Waals surface area contributed by atoms with Crippen molar-refractivity contribution in [3.05, 3.63) is 110 Å². The summed E-state index contributed by atoms with van der Waals surface area (Å²) in [5.74, 6) is -3.24. The number of benzene rings is 2. The van der Waals surface area contributed by atoms with Crippen molar-refractivity contribution in [2.45, 2.75) is 150 Å². The standard InChI is InChI=1S/3C15H25NO4.2C8H11NO/c3*1-6-11(2)15(12(17)18)8-7-9-16(10-15)13(19)20-14(3,4)5;2*9-8(6-10)7-4-2-1-3-5-7/h3*6,11H,1,7-10H2,2-5H3,(H,17,18);2*1-5,8,10H,6,9H2/t;;;2*8-/m...00/s1. The number of carboxylic acids is 3. The third-order valence-electron chi connectivity index (χ3n) is 14.3. The number of ether oxygens (including phenoxy) is 3. The molecule has 0 aliphatic carbocycles. The van der Waals surface area contributed by atoms with Gasteiger partial charge in [-0.25, -0.2) is 14.4 Å². The highest BCUT2D eigenvalue weighted by molar-refractivity contribution is 5.79. The first kappa shape index (κ1) is 71.7. The van der Waals surface area contributed by atoms with Crippen molar-refractivity contribution in [1.29, 1.82) is 0 Å². The predicted octanol–water partition coefficient (Wildman–Crippen LogP) is 10.1. The van der Waals surface area contributed by atoms with E-state index in [1.807, 2.05) is 81.4 Å². The van der Waals surface area contributed by atoms with Crippen LogP contribution in [0.4, 0.5) is 14.4 Å². The summed E-state index contributed by atoms with van der Waals surface area (Å²) in [5.41, 5.74) is 8.42. The normalized spacial score (nSPS) is 21.9. The smallest absolute Gasteiger partial charge is 0.410 e. The van der Waals surface area contributed by atoms with Crippen molar-refractivity contribution in [1.82, 2.24) is 14.7 Å². The average molecular weight is 1120 g/mol. The number of piperidine rings is 3. The van der Waals surface area contributed by atoms with E-state index in [9.17, 15) is 44.1 Å². The zero-order valence-electron chi connectivity index (χ0n) is 49.8. The van der Waals surface area contributed by atoms with Crippen LogP contribution in [0.1, 0.15) is 145 Å². The van der Waals surface area contributed by atoms with Crippen molar-refractivity contribution < 1.29 is 68.5 Å². The van der Waals surface area contributed by atoms with E-state index in [1.165, 1.54) is 14.7 Å². The Morgan fingerprint density at radius 2 is 0.725 bits per heavy atom. The van der Waals surface area contributed by atoms with Crippen molar-refractivity contribution in [3.63, 3.8) is 0 Å². The Morgan fingerprint density at radius 1 is 0.500 bits per heavy atom. The van der Waals surface area contributed by atoms with Gasteiger partial charge in [0.2, 0.25) is 0 Å². The van der Waals surface area contributed by atoms with Crippen LogP contribution in [-0.2, 0) is 28.6 Å². The highest BCUT2D eigenvalue weighted by atomic mass is 16.6. The zero-order valence-corrected chi connectivity index (χ0v) is 49.8. The van der Waals surface area contributed by atoms with E-state index in [0.717, 1.165) is 11.1 Å². The molecule has 0 aromatic heterocycles. The first-order valence-corrected chi connectivity index (χ1v) is 27.4. The maximum absolute atomic E-state index is 12.1. The van der Waals surface area contributed by atoms with E-state index in [0.29, 0.717) is 58.2 Å². The Kier molecular flexibility index (Phi) is 28.9. The number of carbonyl (C=O) groups excluding carboxylic acids is 3. The molecule has 3 aliphatic heterocycles. The van der Waals surface area contributed by atoms with Gasteiger partial charge in [0.25, 0.3) is 0 Å². The van der Waals surface area contributed by atoms with Gasteiger partial charge in [0.1, 0.15) is 16.8 Å². The molecule has 3 fully saturated rings. The number of allylic oxidation sites excluding steroid dienone is 3. The summed E-state index contributed by atoms with van der Waals surface area (Å²) in [6.45, 7) is 34.9. The quantitative estimate of drug-likeness (QED) is 0.0725. The second kappa shape index (κ2) is 32.2. The highest BCUT2D eigenvalue weighted by Crippen LogP contribution is 2.41. The molecule has 450 valence electrons. The van der Waals surface area contributed by atoms with E-state index < -0.39 is 69.2 Å². The lowest BCUT2D eigenvalue weighted by molar-refractivity contribution is -0.156. The second-order valence-corrected chi connectivity index (χ2v) is 23.9. The summed E-state index contributed by atoms with van der Waals surface area (Å²) in [4.78, 5) is 76.0. The Morgan fingerprint density at radius 3 is 0.900 bits per heavy atom. The van der Waals surface area contributed by atoms with Crippen molar-refractivity contribution in [3.8, 4) is 0 Å². The molecule has 0 radical (unpaired) electrons. The molecule has 9 N–H and O–H groups in total. The molecule has 2 aromatic rings. The minimum Gasteiger partial charge on any atom is -0.481 e. The van der Waals surface area contributed by atoms with E-state index in [4.69, 9.17) is 35.9 Å². The molecule has 5 rings (SSSR count). The van der Waals surface area contributed by atoms with Crippen LogP contribution in [0.25, 0.3) is 0 Å². The number of aliphatic hydroxyl groups excluding tert-OH is 2. The van der Waals surface area contributed by atoms with Gasteiger partial charge in [0.05, 0.1) is 41.5 Å². The Labute approximate surface area is 476 Å². The fourth-order valence-electron chi connectivity index (χ4n) is 9.21. The largest absolute Gasteiger partial charge is 0.481 e. The fraction of sp³-hybridized carbons (Fsp3) is 0.607. The minimum absolute atomic E-state index is 0.00398. The summed E-state index contributed by atoms with van der Waals surface area (Å²) < 4.78 is 16.0. The zero-order chi connectivity index (χ0) is 61.5. The summed E-state index contributed by atoms with van der Waals surface area (Å²) in [5, 5.41) is 46.1. The SMILES string of the molecule is C=CC(C)C1(C(=O)O)CCCN(C(=O)OC(C)(C)C)C1.C=CC(C)C1(C(=O)O)CCCN(C(=O)OC(C)(C)C)C1.C=CC(C)C1(C(=O)O)CCCN(C(=O)OC(C)(C)C)C1.N[C@@H](CO)c1ccccc1.N[C@@H](CO)c1ccccc1. The van der Waals surface area contributed by atoms with Crippen molar-refractivity contribution >= 4 is 36.2 Å². The lowest BCUT2D eigenvalue weighted by Crippen LogP contribution is -2.53. The number of amides is 3. The molecule has 19 nitrogen and oxygen atoms in total. The van der Waals surface area contributed by atoms with Gasteiger partial charge >= 0.3 is 36.2 Å². The number of hydrogen-bond acceptors (Lipinski definition) is 13. The molecule has 80 heavy (non-hydrogen) atoms. The monoisotopic (exact) mass is 1120 g/mol. The number of carbonyl (C=O) groups is 6. The topological polar surface area (TPSA) is 293 Å². The first-order valence-electron chi connectivity index (χ1n) is 27.4. The molecular weight excluding hydrogens is 1030 g/mol. The van der Waals surface area contributed by atoms with Crippen LogP contribution in [0.5, 0.6) is 0 Å². The van der Waals surface area contributed by atoms with Crippen molar-refractivity contribution in [2.75, 3.05) is 52.5 Å². The number of rotatable bonds is 13. The van der Waals surface area contributed by atoms with E-state index >= 15 is 0 Å². The number of likely N-dealkylation sites (tertiary alicyclic amines) is 3. The average Bonchev–Trinajstić information content (AvgIpc) is 3.41. The maximum atomic E-state index is 12.1. The van der Waals surface area contributed by atoms with Gasteiger partial charge in [0, 0.05) is 39.3 Å². The number of aliphatic carboxylic acids is 3. The number of aliphatic hydroxyl groups is 2. The molecule has 0 spiro atoms. The number of carboxylic acid groups (broad SMARTS) is 3. The van der Waals surface area contributed by atoms with E-state index in [-0.39, 0.29) is 62.7 Å². The molecule has 6 unspecified atom stereocenters. The van der Waals surface area contributed by atoms with Crippen molar-refractivity contribution in [2.24, 2.45) is 45.5 Å². The molecule has 0 bridgehead atoms. The van der Waals surface area contributed by atoms with Crippen LogP contribution >= 0.6 is 0 Å². The second-order valence-electron chi connectivity index (χ2n) is 23.9. The minimum atomic E-state index is -0.961. The molecule has 0 saturated carbocycles. The fourth-order valence-corrected chi connectivity index (χ4v) is 9.21. The van der Waals surface area contributed by atoms with Gasteiger partial charge < -0.3 is 65.9 Å². The molecule has 19 heteroatoms. The summed E-state index contributed by atoms with van der Waals surface area (Å²) in [7, 11) is 0. The molecular formula is C61H97N5O14. The van der Waals surface area contributed by atoms with E-state index in [1.54, 1.807) is 80.5 Å². The molecule has 3 saturated heterocycles. The summed E-state index contributed by atoms with van der Waals surface area (Å²) in [6, 6.07) is 18.6. The van der Waals surface area contributed by atoms with Crippen LogP contribution in [-0.4, -0.2) is 146 Å². The summed E-state index contributed by atoms with van der Waals surface area (Å²) in [6.07, 6.45) is 7.22. The van der Waals surface area contributed by atoms with Crippen LogP contribution < -0.4 is 11.5 Å². The van der Waals surface area contributed by atoms with Crippen LogP contribution in [0.2, 0.25) is 0 Å². The van der Waals surface area contributed by atoms with Gasteiger partial charge in [-0.2, -0.15) is 0 Å². The third kappa shape index (κ3) is 22.3. The molecule has 3 amide bonds. The van der Waals surface area contributed by atoms with Gasteiger partial charge in [-0.1, -0.05) is 99.7 Å². The predicted molar refractivity (Wildman–Crippen MR) is 310 cm³/mol. The third-order valence-corrected chi connectivity index (χ3v) is 14.3. The van der Waals surface area contributed by atoms with Gasteiger partial charge in [-0.15, -0.1) is 19.7 Å². The Hall–Kier alpha value is -6.28. The molecule has 8 atom stereocenters. The van der Waals surface area contributed by atoms with Crippen LogP contribution in [0, 0.1) is 34.0 Å². The lowest BCUT2D eigenvalue weighted by Gasteiger charge is -2.42. The number of nitrogens with zero attached hydrogens (tertiary/aromatic N) is 3. The van der Waals surface area contributed by atoms with E-state index in [2.05, 4.69) is 19.7 Å². The Bertz CT molecular complexity index is 2070. The Balaban J connectivity index is 0.000000514. The molecule has 3 heterocycles. The maximum Gasteiger partial charge on any atom is 0.410 e. The van der Waals surface area contributed by atoms with Gasteiger partial charge in [-0.3, -0.25) is 14.4 Å². The van der Waals surface area contributed by atoms with Gasteiger partial charge in [0.15, 0.2) is 0 Å². The first-order chi connectivity index (χ1) is 37.0. The molecule has 2 aromatic carbocycles.